The van der Waals surface area contributed by atoms with Crippen molar-refractivity contribution in [2.24, 2.45) is 0 Å². The summed E-state index contributed by atoms with van der Waals surface area (Å²) < 4.78 is 11.2. The van der Waals surface area contributed by atoms with Crippen molar-refractivity contribution in [3.63, 3.8) is 0 Å². The highest BCUT2D eigenvalue weighted by Crippen LogP contribution is 2.27. The first-order valence-corrected chi connectivity index (χ1v) is 9.94. The van der Waals surface area contributed by atoms with E-state index in [0.29, 0.717) is 11.4 Å². The number of carbonyl (C=O) groups excluding carboxylic acids is 2. The maximum Gasteiger partial charge on any atom is 0.412 e. The number of rotatable bonds is 2. The molecule has 156 valence electrons. The predicted octanol–water partition coefficient (Wildman–Crippen LogP) is 7.20. The van der Waals surface area contributed by atoms with E-state index >= 15 is 0 Å². The molecule has 2 amide bonds. The van der Waals surface area contributed by atoms with Gasteiger partial charge in [-0.1, -0.05) is 43.6 Å². The van der Waals surface area contributed by atoms with Gasteiger partial charge < -0.3 is 9.47 Å². The minimum atomic E-state index is -0.616. The van der Waals surface area contributed by atoms with Crippen LogP contribution in [0.5, 0.6) is 0 Å². The summed E-state index contributed by atoms with van der Waals surface area (Å²) in [5.41, 5.74) is -0.416. The van der Waals surface area contributed by atoms with Gasteiger partial charge in [-0.05, 0) is 59.7 Å². The number of hydrogen-bond acceptors (Lipinski definition) is 4. The smallest absolute Gasteiger partial charge is 0.412 e. The van der Waals surface area contributed by atoms with Crippen LogP contribution in [-0.4, -0.2) is 23.4 Å². The number of anilines is 2. The molecule has 0 unspecified atom stereocenters. The van der Waals surface area contributed by atoms with Crippen LogP contribution in [-0.2, 0) is 9.47 Å². The fraction of sp³-hybridized carbons (Fsp3) is 0.600. The quantitative estimate of drug-likeness (QED) is 0.503. The molecule has 0 atom stereocenters. The second-order valence-corrected chi connectivity index (χ2v) is 7.86. The average molecular weight is 447 g/mol. The first kappa shape index (κ1) is 27.5. The van der Waals surface area contributed by atoms with Gasteiger partial charge in [0.1, 0.15) is 11.2 Å². The molecule has 0 saturated carbocycles. The molecule has 6 nitrogen and oxygen atoms in total. The van der Waals surface area contributed by atoms with E-state index in [1.807, 2.05) is 27.7 Å². The van der Waals surface area contributed by atoms with Gasteiger partial charge in [0.25, 0.3) is 0 Å². The highest BCUT2D eigenvalue weighted by molar-refractivity contribution is 9.10. The second kappa shape index (κ2) is 12.6. The third-order valence-corrected chi connectivity index (χ3v) is 2.75. The van der Waals surface area contributed by atoms with Gasteiger partial charge in [0.2, 0.25) is 0 Å². The van der Waals surface area contributed by atoms with E-state index in [4.69, 9.17) is 9.47 Å². The average Bonchev–Trinajstić information content (AvgIpc) is 2.50. The monoisotopic (exact) mass is 446 g/mol. The molecule has 0 bridgehead atoms. The van der Waals surface area contributed by atoms with Crippen LogP contribution in [0.25, 0.3) is 0 Å². The fourth-order valence-electron chi connectivity index (χ4n) is 1.56. The Kier molecular flexibility index (Phi) is 12.8. The van der Waals surface area contributed by atoms with Crippen LogP contribution in [0.1, 0.15) is 69.2 Å². The number of nitrogens with one attached hydrogen (secondary N) is 2. The lowest BCUT2D eigenvalue weighted by Gasteiger charge is -2.22. The molecular weight excluding hydrogens is 412 g/mol. The number of benzene rings is 1. The highest BCUT2D eigenvalue weighted by Gasteiger charge is 2.20. The molecule has 0 fully saturated rings. The van der Waals surface area contributed by atoms with E-state index in [9.17, 15) is 9.59 Å². The van der Waals surface area contributed by atoms with Gasteiger partial charge in [-0.3, -0.25) is 10.6 Å². The molecule has 0 aliphatic heterocycles. The van der Waals surface area contributed by atoms with Gasteiger partial charge in [-0.15, -0.1) is 0 Å². The van der Waals surface area contributed by atoms with E-state index in [1.54, 1.807) is 59.7 Å². The lowest BCUT2D eigenvalue weighted by molar-refractivity contribution is 0.0621. The van der Waals surface area contributed by atoms with Gasteiger partial charge in [0, 0.05) is 4.47 Å². The lowest BCUT2D eigenvalue weighted by atomic mass is 10.2. The van der Waals surface area contributed by atoms with Crippen molar-refractivity contribution < 1.29 is 19.1 Å². The molecule has 27 heavy (non-hydrogen) atoms. The van der Waals surface area contributed by atoms with Crippen LogP contribution in [0.3, 0.4) is 0 Å². The first-order chi connectivity index (χ1) is 12.4. The normalized spacial score (nSPS) is 10.3. The summed E-state index contributed by atoms with van der Waals surface area (Å²) >= 11 is 3.33. The van der Waals surface area contributed by atoms with Crippen molar-refractivity contribution in [3.05, 3.63) is 22.7 Å². The molecule has 1 rings (SSSR count). The standard InChI is InChI=1S/C16H23BrN2O4.2C2H6/c1-15(2,3)22-13(20)18-11-8-7-10(17)9-12(11)19-14(21)23-16(4,5)6;2*1-2/h7-9H,1-6H3,(H,18,20)(H,19,21);2*1-2H3. The number of ether oxygens (including phenoxy) is 2. The Hall–Kier alpha value is -1.76. The molecule has 1 aromatic carbocycles. The Balaban J connectivity index is 0. The zero-order valence-electron chi connectivity index (χ0n) is 18.2. The summed E-state index contributed by atoms with van der Waals surface area (Å²) in [5.74, 6) is 0. The molecule has 2 N–H and O–H groups in total. The molecule has 0 aliphatic carbocycles. The molecule has 0 radical (unpaired) electrons. The third-order valence-electron chi connectivity index (χ3n) is 2.25. The largest absolute Gasteiger partial charge is 0.444 e. The van der Waals surface area contributed by atoms with Crippen LogP contribution < -0.4 is 10.6 Å². The molecule has 0 aromatic heterocycles. The van der Waals surface area contributed by atoms with Crippen LogP contribution in [0.2, 0.25) is 0 Å². The minimum absolute atomic E-state index is 0.402. The van der Waals surface area contributed by atoms with Gasteiger partial charge in [-0.25, -0.2) is 9.59 Å². The van der Waals surface area contributed by atoms with E-state index in [-0.39, 0.29) is 0 Å². The van der Waals surface area contributed by atoms with E-state index in [0.717, 1.165) is 4.47 Å². The molecule has 7 heteroatoms. The second-order valence-electron chi connectivity index (χ2n) is 6.94. The molecule has 0 aliphatic rings. The summed E-state index contributed by atoms with van der Waals surface area (Å²) in [5, 5.41) is 5.22. The number of carbonyl (C=O) groups is 2. The summed E-state index contributed by atoms with van der Waals surface area (Å²) in [7, 11) is 0. The fourth-order valence-corrected chi connectivity index (χ4v) is 1.92. The summed E-state index contributed by atoms with van der Waals surface area (Å²) in [4.78, 5) is 23.8. The van der Waals surface area contributed by atoms with Crippen LogP contribution in [0, 0.1) is 0 Å². The van der Waals surface area contributed by atoms with Crippen molar-refractivity contribution in [2.75, 3.05) is 10.6 Å². The van der Waals surface area contributed by atoms with E-state index < -0.39 is 23.4 Å². The maximum atomic E-state index is 11.9. The van der Waals surface area contributed by atoms with Crippen molar-refractivity contribution >= 4 is 39.5 Å². The third kappa shape index (κ3) is 14.0. The minimum Gasteiger partial charge on any atom is -0.444 e. The van der Waals surface area contributed by atoms with Crippen molar-refractivity contribution in [1.29, 1.82) is 0 Å². The Morgan fingerprint density at radius 2 is 1.15 bits per heavy atom. The van der Waals surface area contributed by atoms with Gasteiger partial charge >= 0.3 is 12.2 Å². The van der Waals surface area contributed by atoms with Crippen LogP contribution in [0.15, 0.2) is 22.7 Å². The van der Waals surface area contributed by atoms with Crippen molar-refractivity contribution in [1.82, 2.24) is 0 Å². The predicted molar refractivity (Wildman–Crippen MR) is 117 cm³/mol. The van der Waals surface area contributed by atoms with Crippen molar-refractivity contribution in [3.8, 4) is 0 Å². The number of amides is 2. The Morgan fingerprint density at radius 1 is 0.778 bits per heavy atom. The zero-order chi connectivity index (χ0) is 21.8. The topological polar surface area (TPSA) is 76.7 Å². The first-order valence-electron chi connectivity index (χ1n) is 9.15. The summed E-state index contributed by atoms with van der Waals surface area (Å²) in [6.07, 6.45) is -1.21. The lowest BCUT2D eigenvalue weighted by Crippen LogP contribution is -2.29. The highest BCUT2D eigenvalue weighted by atomic mass is 79.9. The van der Waals surface area contributed by atoms with E-state index in [1.165, 1.54) is 0 Å². The molecule has 0 saturated heterocycles. The zero-order valence-corrected chi connectivity index (χ0v) is 19.8. The Morgan fingerprint density at radius 3 is 1.52 bits per heavy atom. The maximum absolute atomic E-state index is 11.9. The van der Waals surface area contributed by atoms with Gasteiger partial charge in [0.15, 0.2) is 0 Å². The van der Waals surface area contributed by atoms with Crippen LogP contribution >= 0.6 is 15.9 Å². The van der Waals surface area contributed by atoms with Gasteiger partial charge in [0.05, 0.1) is 11.4 Å². The SMILES string of the molecule is CC.CC.CC(C)(C)OC(=O)Nc1ccc(Br)cc1NC(=O)OC(C)(C)C. The number of halogens is 1. The number of hydrogen-bond donors (Lipinski definition) is 2. The van der Waals surface area contributed by atoms with Crippen LogP contribution in [0.4, 0.5) is 21.0 Å². The summed E-state index contributed by atoms with van der Waals surface area (Å²) in [6.45, 7) is 18.6. The molecule has 0 spiro atoms. The van der Waals surface area contributed by atoms with Gasteiger partial charge in [-0.2, -0.15) is 0 Å². The van der Waals surface area contributed by atoms with Crippen molar-refractivity contribution in [2.45, 2.75) is 80.4 Å². The molecular formula is C20H35BrN2O4. The Labute approximate surface area is 172 Å². The Bertz CT molecular complexity index is 591. The molecule has 0 heterocycles. The van der Waals surface area contributed by atoms with E-state index in [2.05, 4.69) is 26.6 Å². The summed E-state index contributed by atoms with van der Waals surface area (Å²) in [6, 6.07) is 5.06. The molecule has 1 aromatic rings.